The van der Waals surface area contributed by atoms with Gasteiger partial charge in [0.1, 0.15) is 11.5 Å². The molecule has 1 saturated heterocycles. The number of anilines is 1. The van der Waals surface area contributed by atoms with E-state index in [1.54, 1.807) is 24.3 Å². The minimum atomic E-state index is -0.520. The van der Waals surface area contributed by atoms with E-state index in [9.17, 15) is 18.8 Å². The van der Waals surface area contributed by atoms with Crippen molar-refractivity contribution in [3.05, 3.63) is 83.2 Å². The first-order valence-corrected chi connectivity index (χ1v) is 12.2. The summed E-state index contributed by atoms with van der Waals surface area (Å²) >= 11 is 0. The number of carbonyl (C=O) groups excluding carboxylic acids is 3. The first-order chi connectivity index (χ1) is 17.8. The van der Waals surface area contributed by atoms with Gasteiger partial charge in [0, 0.05) is 56.4 Å². The Morgan fingerprint density at radius 2 is 1.68 bits per heavy atom. The average molecular weight is 507 g/mol. The number of hydrogen-bond donors (Lipinski definition) is 3. The fourth-order valence-electron chi connectivity index (χ4n) is 4.18. The Morgan fingerprint density at radius 1 is 1.00 bits per heavy atom. The Kier molecular flexibility index (Phi) is 8.42. The number of amides is 2. The van der Waals surface area contributed by atoms with Gasteiger partial charge in [0.15, 0.2) is 11.5 Å². The third-order valence-corrected chi connectivity index (χ3v) is 6.54. The average Bonchev–Trinajstić information content (AvgIpc) is 3.39. The smallest absolute Gasteiger partial charge is 0.276 e. The van der Waals surface area contributed by atoms with Crippen molar-refractivity contribution in [3.8, 4) is 0 Å². The van der Waals surface area contributed by atoms with Crippen molar-refractivity contribution >= 4 is 23.3 Å². The van der Waals surface area contributed by atoms with Gasteiger partial charge in [0.05, 0.1) is 6.33 Å². The Bertz CT molecular complexity index is 1230. The zero-order chi connectivity index (χ0) is 26.4. The highest BCUT2D eigenvalue weighted by Gasteiger charge is 2.23. The lowest BCUT2D eigenvalue weighted by Crippen LogP contribution is -2.51. The zero-order valence-electron chi connectivity index (χ0n) is 21.0. The van der Waals surface area contributed by atoms with Crippen molar-refractivity contribution in [1.82, 2.24) is 25.1 Å². The molecule has 10 heteroatoms. The maximum atomic E-state index is 13.1. The van der Waals surface area contributed by atoms with E-state index in [1.807, 2.05) is 0 Å². The molecule has 0 radical (unpaired) electrons. The van der Waals surface area contributed by atoms with E-state index in [0.717, 1.165) is 31.7 Å². The first-order valence-electron chi connectivity index (χ1n) is 12.2. The summed E-state index contributed by atoms with van der Waals surface area (Å²) in [5, 5.41) is 5.63. The summed E-state index contributed by atoms with van der Waals surface area (Å²) in [6, 6.07) is 12.4. The molecule has 0 spiro atoms. The van der Waals surface area contributed by atoms with Crippen LogP contribution in [-0.4, -0.2) is 83.2 Å². The fraction of sp³-hybridized carbons (Fsp3) is 0.333. The number of Topliss-reactive ketones (excluding diaryl/α,β-unsaturated/α-hetero) is 1. The maximum absolute atomic E-state index is 13.1. The molecular weight excluding hydrogens is 475 g/mol. The second-order valence-corrected chi connectivity index (χ2v) is 9.28. The molecule has 1 atom stereocenters. The van der Waals surface area contributed by atoms with E-state index in [1.165, 1.54) is 30.6 Å². The van der Waals surface area contributed by atoms with E-state index in [-0.39, 0.29) is 29.6 Å². The molecule has 3 aromatic rings. The minimum absolute atomic E-state index is 0.000291. The number of halogens is 1. The molecule has 2 heterocycles. The van der Waals surface area contributed by atoms with Crippen LogP contribution in [0.25, 0.3) is 0 Å². The summed E-state index contributed by atoms with van der Waals surface area (Å²) in [5.41, 5.74) is 1.79. The number of nitrogens with one attached hydrogen (secondary N) is 3. The Balaban J connectivity index is 1.30. The number of nitrogens with zero attached hydrogens (tertiary/aromatic N) is 3. The van der Waals surface area contributed by atoms with Gasteiger partial charge >= 0.3 is 0 Å². The highest BCUT2D eigenvalue weighted by atomic mass is 19.1. The van der Waals surface area contributed by atoms with Crippen LogP contribution in [0.15, 0.2) is 54.9 Å². The SMILES string of the molecule is CC(CNC(=O)c1[nH]cnc1C(=O)Nc1ccc(CC(=O)c2ccc(F)cc2)cc1)N1CCN(C)CC1. The van der Waals surface area contributed by atoms with Crippen LogP contribution >= 0.6 is 0 Å². The van der Waals surface area contributed by atoms with Gasteiger partial charge in [-0.05, 0) is 55.9 Å². The van der Waals surface area contributed by atoms with Crippen LogP contribution in [0.1, 0.15) is 43.8 Å². The van der Waals surface area contributed by atoms with E-state index in [2.05, 4.69) is 44.4 Å². The number of carbonyl (C=O) groups is 3. The van der Waals surface area contributed by atoms with Gasteiger partial charge in [-0.15, -0.1) is 0 Å². The van der Waals surface area contributed by atoms with Gasteiger partial charge in [-0.25, -0.2) is 9.37 Å². The number of benzene rings is 2. The van der Waals surface area contributed by atoms with E-state index in [4.69, 9.17) is 0 Å². The van der Waals surface area contributed by atoms with Crippen LogP contribution in [0.4, 0.5) is 10.1 Å². The number of imidazole rings is 1. The largest absolute Gasteiger partial charge is 0.349 e. The number of aromatic nitrogens is 2. The van der Waals surface area contributed by atoms with Crippen molar-refractivity contribution < 1.29 is 18.8 Å². The van der Waals surface area contributed by atoms with Crippen LogP contribution in [-0.2, 0) is 6.42 Å². The highest BCUT2D eigenvalue weighted by Crippen LogP contribution is 2.15. The summed E-state index contributed by atoms with van der Waals surface area (Å²) in [6.45, 7) is 6.42. The quantitative estimate of drug-likeness (QED) is 0.385. The highest BCUT2D eigenvalue weighted by molar-refractivity contribution is 6.10. The molecule has 2 aromatic carbocycles. The fourth-order valence-corrected chi connectivity index (χ4v) is 4.18. The third kappa shape index (κ3) is 6.87. The van der Waals surface area contributed by atoms with Crippen LogP contribution in [0.2, 0.25) is 0 Å². The standard InChI is InChI=1S/C27H31FN6O3/c1-18(34-13-11-33(2)12-14-34)16-29-26(36)24-25(31-17-30-24)27(37)32-22-9-3-19(4-10-22)15-23(35)20-5-7-21(28)8-6-20/h3-10,17-18H,11-16H2,1-2H3,(H,29,36)(H,30,31)(H,32,37). The Labute approximate surface area is 215 Å². The second-order valence-electron chi connectivity index (χ2n) is 9.28. The first kappa shape index (κ1) is 26.2. The normalized spacial score (nSPS) is 15.2. The summed E-state index contributed by atoms with van der Waals surface area (Å²) in [7, 11) is 2.10. The van der Waals surface area contributed by atoms with Crippen LogP contribution in [0.5, 0.6) is 0 Å². The van der Waals surface area contributed by atoms with Crippen molar-refractivity contribution in [3.63, 3.8) is 0 Å². The van der Waals surface area contributed by atoms with Crippen molar-refractivity contribution in [2.24, 2.45) is 0 Å². The number of hydrogen-bond acceptors (Lipinski definition) is 6. The van der Waals surface area contributed by atoms with Gasteiger partial charge in [-0.1, -0.05) is 12.1 Å². The molecule has 1 unspecified atom stereocenters. The summed E-state index contributed by atoms with van der Waals surface area (Å²) in [4.78, 5) is 49.4. The molecular formula is C27H31FN6O3. The minimum Gasteiger partial charge on any atom is -0.349 e. The number of H-pyrrole nitrogens is 1. The molecule has 1 fully saturated rings. The molecule has 0 bridgehead atoms. The predicted octanol–water partition coefficient (Wildman–Crippen LogP) is 2.59. The number of aromatic amines is 1. The third-order valence-electron chi connectivity index (χ3n) is 6.54. The van der Waals surface area contributed by atoms with Crippen molar-refractivity contribution in [2.75, 3.05) is 45.1 Å². The second kappa shape index (κ2) is 11.9. The maximum Gasteiger partial charge on any atom is 0.276 e. The van der Waals surface area contributed by atoms with Gasteiger partial charge < -0.3 is 20.5 Å². The molecule has 194 valence electrons. The zero-order valence-corrected chi connectivity index (χ0v) is 21.0. The van der Waals surface area contributed by atoms with Crippen molar-refractivity contribution in [1.29, 1.82) is 0 Å². The van der Waals surface area contributed by atoms with Crippen LogP contribution in [0.3, 0.4) is 0 Å². The monoisotopic (exact) mass is 506 g/mol. The summed E-state index contributed by atoms with van der Waals surface area (Å²) < 4.78 is 13.1. The topological polar surface area (TPSA) is 110 Å². The van der Waals surface area contributed by atoms with E-state index < -0.39 is 17.6 Å². The van der Waals surface area contributed by atoms with Gasteiger partial charge in [0.25, 0.3) is 11.8 Å². The lowest BCUT2D eigenvalue weighted by molar-refractivity contribution is 0.0891. The van der Waals surface area contributed by atoms with Gasteiger partial charge in [-0.2, -0.15) is 0 Å². The molecule has 37 heavy (non-hydrogen) atoms. The number of likely N-dealkylation sites (N-methyl/N-ethyl adjacent to an activating group) is 1. The molecule has 0 aliphatic carbocycles. The number of ketones is 1. The Hall–Kier alpha value is -3.89. The van der Waals surface area contributed by atoms with Gasteiger partial charge in [-0.3, -0.25) is 19.3 Å². The lowest BCUT2D eigenvalue weighted by Gasteiger charge is -2.36. The molecule has 9 nitrogen and oxygen atoms in total. The van der Waals surface area contributed by atoms with Crippen LogP contribution < -0.4 is 10.6 Å². The summed E-state index contributed by atoms with van der Waals surface area (Å²) in [5.74, 6) is -1.44. The van der Waals surface area contributed by atoms with E-state index >= 15 is 0 Å². The molecule has 2 amide bonds. The molecule has 3 N–H and O–H groups in total. The Morgan fingerprint density at radius 3 is 2.35 bits per heavy atom. The van der Waals surface area contributed by atoms with Crippen LogP contribution in [0, 0.1) is 5.82 Å². The summed E-state index contributed by atoms with van der Waals surface area (Å²) in [6.07, 6.45) is 1.47. The number of rotatable bonds is 9. The van der Waals surface area contributed by atoms with Crippen molar-refractivity contribution in [2.45, 2.75) is 19.4 Å². The molecule has 1 aliphatic heterocycles. The van der Waals surface area contributed by atoms with Gasteiger partial charge in [0.2, 0.25) is 0 Å². The molecule has 0 saturated carbocycles. The molecule has 1 aliphatic rings. The predicted molar refractivity (Wildman–Crippen MR) is 138 cm³/mol. The molecule has 1 aromatic heterocycles. The molecule has 4 rings (SSSR count). The lowest BCUT2D eigenvalue weighted by atomic mass is 10.0. The number of piperazine rings is 1. The van der Waals surface area contributed by atoms with E-state index in [0.29, 0.717) is 17.8 Å².